The monoisotopic (exact) mass is 342 g/mol. The zero-order chi connectivity index (χ0) is 18.6. The van der Waals surface area contributed by atoms with Gasteiger partial charge in [-0.25, -0.2) is 5.48 Å². The average Bonchev–Trinajstić information content (AvgIpc) is 2.95. The molecule has 5 nitrogen and oxygen atoms in total. The molecule has 0 aromatic heterocycles. The Kier molecular flexibility index (Phi) is 4.03. The first kappa shape index (κ1) is 17.7. The molecule has 0 aromatic rings. The highest BCUT2D eigenvalue weighted by atomic mass is 16.7. The molecule has 0 aromatic carbocycles. The Balaban J connectivity index is 1.74. The van der Waals surface area contributed by atoms with E-state index in [9.17, 15) is 9.59 Å². The van der Waals surface area contributed by atoms with Crippen molar-refractivity contribution in [3.63, 3.8) is 0 Å². The highest BCUT2D eigenvalue weighted by molar-refractivity contribution is 6.03. The van der Waals surface area contributed by atoms with Gasteiger partial charge in [-0.15, -0.1) is 0 Å². The van der Waals surface area contributed by atoms with Crippen LogP contribution >= 0.6 is 0 Å². The number of hydrogen-bond acceptors (Lipinski definition) is 3. The van der Waals surface area contributed by atoms with Crippen LogP contribution in [0.4, 0.5) is 0 Å². The van der Waals surface area contributed by atoms with Crippen LogP contribution in [0.15, 0.2) is 46.1 Å². The minimum absolute atomic E-state index is 0.231. The summed E-state index contributed by atoms with van der Waals surface area (Å²) >= 11 is 0. The van der Waals surface area contributed by atoms with Crippen LogP contribution in [-0.2, 0) is 14.4 Å². The van der Waals surface area contributed by atoms with Gasteiger partial charge < -0.3 is 5.32 Å². The minimum atomic E-state index is -0.704. The van der Waals surface area contributed by atoms with Crippen LogP contribution in [-0.4, -0.2) is 23.5 Å². The number of hydroxylamine groups is 1. The maximum Gasteiger partial charge on any atom is 0.266 e. The molecule has 134 valence electrons. The Morgan fingerprint density at radius 2 is 1.76 bits per heavy atom. The summed E-state index contributed by atoms with van der Waals surface area (Å²) in [6.45, 7) is 11.3. The number of carbonyl (C=O) groups excluding carboxylic acids is 2. The van der Waals surface area contributed by atoms with E-state index in [1.165, 1.54) is 11.1 Å². The molecule has 0 heterocycles. The van der Waals surface area contributed by atoms with Gasteiger partial charge in [0.25, 0.3) is 11.8 Å². The van der Waals surface area contributed by atoms with Crippen LogP contribution in [0.25, 0.3) is 0 Å². The van der Waals surface area contributed by atoms with Crippen molar-refractivity contribution in [3.8, 4) is 0 Å². The molecule has 0 spiro atoms. The van der Waals surface area contributed by atoms with Gasteiger partial charge in [-0.1, -0.05) is 26.8 Å². The fourth-order valence-electron chi connectivity index (χ4n) is 2.98. The van der Waals surface area contributed by atoms with Crippen LogP contribution in [0.5, 0.6) is 0 Å². The van der Waals surface area contributed by atoms with E-state index in [1.807, 2.05) is 53.7 Å². The standard InChI is InChI=1S/C20H26N2O3/c1-19(2,3)16(18(24)22-25-20(4,5)6)21-17(23)13-8-7-12-14-9-11(14)10-15(12)13/h7-8,10,16H,9H2,1-6H3,(H,21,23)(H,22,24)/t16-/m1/s1. The Hall–Kier alpha value is -2.14. The molecule has 2 N–H and O–H groups in total. The van der Waals surface area contributed by atoms with Gasteiger partial charge in [0.2, 0.25) is 0 Å². The third kappa shape index (κ3) is 3.61. The largest absolute Gasteiger partial charge is 0.340 e. The summed E-state index contributed by atoms with van der Waals surface area (Å²) in [6.07, 6.45) is 6.94. The molecule has 0 unspecified atom stereocenters. The van der Waals surface area contributed by atoms with Crippen molar-refractivity contribution < 1.29 is 14.4 Å². The molecule has 3 aliphatic rings. The second kappa shape index (κ2) is 5.70. The van der Waals surface area contributed by atoms with Gasteiger partial charge in [-0.05, 0) is 67.1 Å². The fraction of sp³-hybridized carbons (Fsp3) is 0.500. The molecule has 3 rings (SSSR count). The zero-order valence-corrected chi connectivity index (χ0v) is 15.7. The summed E-state index contributed by atoms with van der Waals surface area (Å²) in [6, 6.07) is -0.704. The van der Waals surface area contributed by atoms with Crippen molar-refractivity contribution >= 4 is 11.8 Å². The molecule has 0 saturated heterocycles. The van der Waals surface area contributed by atoms with E-state index in [-0.39, 0.29) is 11.8 Å². The van der Waals surface area contributed by atoms with Gasteiger partial charge in [-0.3, -0.25) is 14.4 Å². The van der Waals surface area contributed by atoms with E-state index in [2.05, 4.69) is 16.9 Å². The summed E-state index contributed by atoms with van der Waals surface area (Å²) < 4.78 is 0. The number of carbonyl (C=O) groups is 2. The predicted octanol–water partition coefficient (Wildman–Crippen LogP) is 2.87. The number of nitrogens with one attached hydrogen (secondary N) is 2. The lowest BCUT2D eigenvalue weighted by atomic mass is 9.86. The van der Waals surface area contributed by atoms with Gasteiger partial charge in [-0.2, -0.15) is 0 Å². The molecule has 3 aliphatic carbocycles. The third-order valence-corrected chi connectivity index (χ3v) is 4.38. The lowest BCUT2D eigenvalue weighted by molar-refractivity contribution is -0.151. The maximum absolute atomic E-state index is 12.8. The number of allylic oxidation sites excluding steroid dienone is 6. The van der Waals surface area contributed by atoms with E-state index >= 15 is 0 Å². The van der Waals surface area contributed by atoms with Gasteiger partial charge in [0.15, 0.2) is 0 Å². The Morgan fingerprint density at radius 3 is 2.36 bits per heavy atom. The molecule has 1 saturated carbocycles. The zero-order valence-electron chi connectivity index (χ0n) is 15.7. The lowest BCUT2D eigenvalue weighted by Crippen LogP contribution is -2.54. The topological polar surface area (TPSA) is 67.4 Å². The number of hydrogen-bond donors (Lipinski definition) is 2. The van der Waals surface area contributed by atoms with Crippen LogP contribution in [0.2, 0.25) is 0 Å². The Bertz CT molecular complexity index is 768. The van der Waals surface area contributed by atoms with E-state index < -0.39 is 17.1 Å². The van der Waals surface area contributed by atoms with E-state index in [1.54, 1.807) is 0 Å². The first-order valence-corrected chi connectivity index (χ1v) is 8.63. The SMILES string of the molecule is CC(C)(C)ONC(=O)[C@@H](NC(=O)C1=C2C=C3CC3=C2C=C1)C(C)(C)C. The van der Waals surface area contributed by atoms with Crippen LogP contribution in [0.1, 0.15) is 48.0 Å². The summed E-state index contributed by atoms with van der Waals surface area (Å²) in [5.41, 5.74) is 6.96. The molecule has 0 radical (unpaired) electrons. The molecule has 2 amide bonds. The van der Waals surface area contributed by atoms with Crippen molar-refractivity contribution in [1.82, 2.24) is 10.8 Å². The molecule has 1 fully saturated rings. The molecular formula is C20H26N2O3. The van der Waals surface area contributed by atoms with Crippen LogP contribution in [0.3, 0.4) is 0 Å². The van der Waals surface area contributed by atoms with Gasteiger partial charge in [0, 0.05) is 5.57 Å². The highest BCUT2D eigenvalue weighted by Crippen LogP contribution is 2.51. The Labute approximate surface area is 148 Å². The second-order valence-corrected chi connectivity index (χ2v) is 8.85. The quantitative estimate of drug-likeness (QED) is 0.772. The number of fused-ring (bicyclic) bond motifs is 2. The first-order valence-electron chi connectivity index (χ1n) is 8.63. The molecular weight excluding hydrogens is 316 g/mol. The number of rotatable bonds is 4. The fourth-order valence-corrected chi connectivity index (χ4v) is 2.98. The van der Waals surface area contributed by atoms with Crippen molar-refractivity contribution in [2.75, 3.05) is 0 Å². The van der Waals surface area contributed by atoms with E-state index in [4.69, 9.17) is 4.84 Å². The molecule has 25 heavy (non-hydrogen) atoms. The maximum atomic E-state index is 12.8. The molecule has 0 aliphatic heterocycles. The molecule has 0 bridgehead atoms. The third-order valence-electron chi connectivity index (χ3n) is 4.38. The van der Waals surface area contributed by atoms with Crippen molar-refractivity contribution in [1.29, 1.82) is 0 Å². The average molecular weight is 342 g/mol. The highest BCUT2D eigenvalue weighted by Gasteiger charge is 2.38. The minimum Gasteiger partial charge on any atom is -0.340 e. The van der Waals surface area contributed by atoms with Crippen LogP contribution in [0, 0.1) is 5.41 Å². The van der Waals surface area contributed by atoms with Crippen molar-refractivity contribution in [2.24, 2.45) is 5.41 Å². The summed E-state index contributed by atoms with van der Waals surface area (Å²) in [5.74, 6) is -0.583. The molecule has 1 atom stereocenters. The van der Waals surface area contributed by atoms with Crippen molar-refractivity contribution in [3.05, 3.63) is 46.1 Å². The lowest BCUT2D eigenvalue weighted by Gasteiger charge is -2.31. The summed E-state index contributed by atoms with van der Waals surface area (Å²) in [5, 5.41) is 2.89. The van der Waals surface area contributed by atoms with E-state index in [0.717, 1.165) is 17.6 Å². The van der Waals surface area contributed by atoms with Gasteiger partial charge >= 0.3 is 0 Å². The first-order chi connectivity index (χ1) is 11.5. The van der Waals surface area contributed by atoms with Gasteiger partial charge in [0.05, 0.1) is 5.60 Å². The predicted molar refractivity (Wildman–Crippen MR) is 96.3 cm³/mol. The normalized spacial score (nSPS) is 19.5. The summed E-state index contributed by atoms with van der Waals surface area (Å²) in [4.78, 5) is 30.7. The smallest absolute Gasteiger partial charge is 0.266 e. The van der Waals surface area contributed by atoms with Gasteiger partial charge in [0.1, 0.15) is 6.04 Å². The second-order valence-electron chi connectivity index (χ2n) is 8.85. The Morgan fingerprint density at radius 1 is 1.08 bits per heavy atom. The molecule has 5 heteroatoms. The van der Waals surface area contributed by atoms with Crippen LogP contribution < -0.4 is 10.8 Å². The van der Waals surface area contributed by atoms with E-state index in [0.29, 0.717) is 5.57 Å². The van der Waals surface area contributed by atoms with Crippen molar-refractivity contribution in [2.45, 2.75) is 59.6 Å². The number of amides is 2. The summed E-state index contributed by atoms with van der Waals surface area (Å²) in [7, 11) is 0.